The SMILES string of the molecule is N#Cc1sc2cnc(Nc3ccc(N4CCNCC4)cc3)cc2c1C1CCCC1. The van der Waals surface area contributed by atoms with Crippen molar-refractivity contribution in [1.29, 1.82) is 5.26 Å². The molecule has 2 aliphatic rings. The van der Waals surface area contributed by atoms with Gasteiger partial charge in [-0.15, -0.1) is 11.3 Å². The number of benzene rings is 1. The van der Waals surface area contributed by atoms with Crippen molar-refractivity contribution < 1.29 is 0 Å². The highest BCUT2D eigenvalue weighted by molar-refractivity contribution is 7.19. The Morgan fingerprint density at radius 3 is 2.62 bits per heavy atom. The molecule has 6 heteroatoms. The monoisotopic (exact) mass is 403 g/mol. The molecular weight excluding hydrogens is 378 g/mol. The average Bonchev–Trinajstić information content (AvgIpc) is 3.42. The molecular formula is C23H25N5S. The number of hydrogen-bond acceptors (Lipinski definition) is 6. The second-order valence-corrected chi connectivity index (χ2v) is 8.96. The van der Waals surface area contributed by atoms with Crippen LogP contribution in [0.15, 0.2) is 36.5 Å². The quantitative estimate of drug-likeness (QED) is 0.643. The van der Waals surface area contributed by atoms with Gasteiger partial charge in [-0.05, 0) is 54.7 Å². The first kappa shape index (κ1) is 18.4. The van der Waals surface area contributed by atoms with Crippen molar-refractivity contribution in [2.75, 3.05) is 36.4 Å². The fourth-order valence-electron chi connectivity index (χ4n) is 4.62. The molecule has 2 N–H and O–H groups in total. The van der Waals surface area contributed by atoms with Gasteiger partial charge in [-0.1, -0.05) is 12.8 Å². The average molecular weight is 404 g/mol. The summed E-state index contributed by atoms with van der Waals surface area (Å²) in [5, 5.41) is 17.7. The molecule has 29 heavy (non-hydrogen) atoms. The molecule has 1 aromatic carbocycles. The van der Waals surface area contributed by atoms with Crippen LogP contribution in [0.5, 0.6) is 0 Å². The number of anilines is 3. The number of nitrogens with one attached hydrogen (secondary N) is 2. The van der Waals surface area contributed by atoms with Crippen molar-refractivity contribution >= 4 is 38.6 Å². The van der Waals surface area contributed by atoms with Gasteiger partial charge in [0.25, 0.3) is 0 Å². The van der Waals surface area contributed by atoms with Crippen molar-refractivity contribution in [2.45, 2.75) is 31.6 Å². The van der Waals surface area contributed by atoms with Crippen LogP contribution in [0, 0.1) is 11.3 Å². The summed E-state index contributed by atoms with van der Waals surface area (Å²) in [6.45, 7) is 4.18. The third-order valence-corrected chi connectivity index (χ3v) is 7.16. The normalized spacial score (nSPS) is 17.6. The lowest BCUT2D eigenvalue weighted by Gasteiger charge is -2.29. The molecule has 1 saturated carbocycles. The molecule has 5 rings (SSSR count). The van der Waals surface area contributed by atoms with Gasteiger partial charge in [0.2, 0.25) is 0 Å². The zero-order chi connectivity index (χ0) is 19.6. The van der Waals surface area contributed by atoms with Crippen LogP contribution in [0.1, 0.15) is 42.0 Å². The zero-order valence-corrected chi connectivity index (χ0v) is 17.3. The Morgan fingerprint density at radius 1 is 1.14 bits per heavy atom. The summed E-state index contributed by atoms with van der Waals surface area (Å²) in [7, 11) is 0. The third kappa shape index (κ3) is 3.68. The van der Waals surface area contributed by atoms with Gasteiger partial charge in [-0.2, -0.15) is 5.26 Å². The van der Waals surface area contributed by atoms with Crippen LogP contribution in [0.4, 0.5) is 17.2 Å². The maximum Gasteiger partial charge on any atom is 0.130 e. The van der Waals surface area contributed by atoms with E-state index in [1.807, 2.05) is 6.20 Å². The number of nitriles is 1. The molecule has 5 nitrogen and oxygen atoms in total. The summed E-state index contributed by atoms with van der Waals surface area (Å²) < 4.78 is 1.11. The largest absolute Gasteiger partial charge is 0.369 e. The second-order valence-electron chi connectivity index (χ2n) is 7.91. The Kier molecular flexibility index (Phi) is 5.09. The molecule has 0 unspecified atom stereocenters. The highest BCUT2D eigenvalue weighted by atomic mass is 32.1. The Hall–Kier alpha value is -2.62. The van der Waals surface area contributed by atoms with Crippen molar-refractivity contribution in [2.24, 2.45) is 0 Å². The maximum absolute atomic E-state index is 9.63. The molecule has 1 aliphatic carbocycles. The van der Waals surface area contributed by atoms with E-state index in [0.29, 0.717) is 5.92 Å². The zero-order valence-electron chi connectivity index (χ0n) is 16.4. The van der Waals surface area contributed by atoms with E-state index in [2.05, 4.69) is 56.9 Å². The summed E-state index contributed by atoms with van der Waals surface area (Å²) in [5.74, 6) is 1.36. The van der Waals surface area contributed by atoms with Gasteiger partial charge in [0.15, 0.2) is 0 Å². The van der Waals surface area contributed by atoms with Gasteiger partial charge in [0.1, 0.15) is 16.8 Å². The van der Waals surface area contributed by atoms with E-state index in [-0.39, 0.29) is 0 Å². The van der Waals surface area contributed by atoms with Crippen LogP contribution in [-0.4, -0.2) is 31.2 Å². The number of rotatable bonds is 4. The van der Waals surface area contributed by atoms with Gasteiger partial charge in [-0.3, -0.25) is 0 Å². The molecule has 1 aliphatic heterocycles. The van der Waals surface area contributed by atoms with E-state index in [1.165, 1.54) is 42.3 Å². The smallest absolute Gasteiger partial charge is 0.130 e. The van der Waals surface area contributed by atoms with Crippen molar-refractivity contribution in [3.63, 3.8) is 0 Å². The fraction of sp³-hybridized carbons (Fsp3) is 0.391. The van der Waals surface area contributed by atoms with E-state index in [4.69, 9.17) is 0 Å². The van der Waals surface area contributed by atoms with Crippen LogP contribution >= 0.6 is 11.3 Å². The summed E-state index contributed by atoms with van der Waals surface area (Å²) in [6, 6.07) is 13.2. The number of aromatic nitrogens is 1. The van der Waals surface area contributed by atoms with E-state index in [1.54, 1.807) is 11.3 Å². The predicted molar refractivity (Wildman–Crippen MR) is 120 cm³/mol. The predicted octanol–water partition coefficient (Wildman–Crippen LogP) is 4.98. The Balaban J connectivity index is 1.40. The summed E-state index contributed by atoms with van der Waals surface area (Å²) in [5.41, 5.74) is 3.55. The summed E-state index contributed by atoms with van der Waals surface area (Å²) in [6.07, 6.45) is 6.83. The minimum absolute atomic E-state index is 0.520. The van der Waals surface area contributed by atoms with E-state index >= 15 is 0 Å². The second kappa shape index (κ2) is 8.02. The standard InChI is InChI=1S/C23H25N5S/c24-14-20-23(16-3-1-2-4-16)19-13-22(26-15-21(19)29-20)27-17-5-7-18(8-6-17)28-11-9-25-10-12-28/h5-8,13,15-16,25H,1-4,9-12H2,(H,26,27). The molecule has 0 radical (unpaired) electrons. The molecule has 2 fully saturated rings. The van der Waals surface area contributed by atoms with Crippen molar-refractivity contribution in [3.8, 4) is 6.07 Å². The molecule has 0 atom stereocenters. The molecule has 2 aromatic heterocycles. The van der Waals surface area contributed by atoms with Crippen LogP contribution in [0.3, 0.4) is 0 Å². The number of thiophene rings is 1. The van der Waals surface area contributed by atoms with Crippen LogP contribution in [0.2, 0.25) is 0 Å². The first-order chi connectivity index (χ1) is 14.3. The van der Waals surface area contributed by atoms with Gasteiger partial charge in [0, 0.05) is 49.1 Å². The lowest BCUT2D eigenvalue weighted by atomic mass is 9.95. The van der Waals surface area contributed by atoms with Crippen LogP contribution < -0.4 is 15.5 Å². The minimum atomic E-state index is 0.520. The molecule has 1 saturated heterocycles. The number of hydrogen-bond donors (Lipinski definition) is 2. The first-order valence-corrected chi connectivity index (χ1v) is 11.3. The highest BCUT2D eigenvalue weighted by Crippen LogP contribution is 2.43. The molecule has 0 spiro atoms. The number of fused-ring (bicyclic) bond motifs is 1. The first-order valence-electron chi connectivity index (χ1n) is 10.5. The van der Waals surface area contributed by atoms with Gasteiger partial charge < -0.3 is 15.5 Å². The molecule has 148 valence electrons. The van der Waals surface area contributed by atoms with E-state index < -0.39 is 0 Å². The molecule has 0 bridgehead atoms. The summed E-state index contributed by atoms with van der Waals surface area (Å²) in [4.78, 5) is 7.88. The fourth-order valence-corrected chi connectivity index (χ4v) is 5.66. The minimum Gasteiger partial charge on any atom is -0.369 e. The molecule has 3 aromatic rings. The van der Waals surface area contributed by atoms with Crippen molar-refractivity contribution in [1.82, 2.24) is 10.3 Å². The summed E-state index contributed by atoms with van der Waals surface area (Å²) >= 11 is 1.58. The van der Waals surface area contributed by atoms with Crippen molar-refractivity contribution in [3.05, 3.63) is 47.0 Å². The Bertz CT molecular complexity index is 1040. The number of piperazine rings is 1. The highest BCUT2D eigenvalue weighted by Gasteiger charge is 2.24. The van der Waals surface area contributed by atoms with Crippen LogP contribution in [0.25, 0.3) is 10.1 Å². The maximum atomic E-state index is 9.63. The van der Waals surface area contributed by atoms with Gasteiger partial charge in [0.05, 0.1) is 4.70 Å². The number of nitrogens with zero attached hydrogens (tertiary/aromatic N) is 3. The Morgan fingerprint density at radius 2 is 1.90 bits per heavy atom. The van der Waals surface area contributed by atoms with E-state index in [9.17, 15) is 5.26 Å². The van der Waals surface area contributed by atoms with Gasteiger partial charge in [-0.25, -0.2) is 4.98 Å². The molecule has 0 amide bonds. The van der Waals surface area contributed by atoms with E-state index in [0.717, 1.165) is 47.3 Å². The lowest BCUT2D eigenvalue weighted by Crippen LogP contribution is -2.43. The lowest BCUT2D eigenvalue weighted by molar-refractivity contribution is 0.589. The Labute approximate surface area is 175 Å². The van der Waals surface area contributed by atoms with Crippen LogP contribution in [-0.2, 0) is 0 Å². The third-order valence-electron chi connectivity index (χ3n) is 6.10. The topological polar surface area (TPSA) is 64.0 Å². The van der Waals surface area contributed by atoms with Gasteiger partial charge >= 0.3 is 0 Å². The number of pyridine rings is 1. The molecule has 3 heterocycles.